The molecule has 4 fully saturated rings. The fourth-order valence-corrected chi connectivity index (χ4v) is 9.46. The second-order valence-corrected chi connectivity index (χ2v) is 15.8. The minimum Gasteiger partial charge on any atom is -0.360 e. The summed E-state index contributed by atoms with van der Waals surface area (Å²) in [5, 5.41) is 5.58. The van der Waals surface area contributed by atoms with Crippen molar-refractivity contribution >= 4 is 34.7 Å². The predicted molar refractivity (Wildman–Crippen MR) is 200 cm³/mol. The average molecular weight is 660 g/mol. The van der Waals surface area contributed by atoms with Crippen molar-refractivity contribution in [2.75, 3.05) is 39.3 Å². The summed E-state index contributed by atoms with van der Waals surface area (Å²) in [4.78, 5) is 10.7. The molecule has 2 aromatic carbocycles. The van der Waals surface area contributed by atoms with Gasteiger partial charge in [-0.1, -0.05) is 100 Å². The molecule has 7 heteroatoms. The van der Waals surface area contributed by atoms with Crippen LogP contribution < -0.4 is 5.32 Å². The number of hydrogen-bond donors (Lipinski definition) is 1. The molecule has 3 saturated heterocycles. The van der Waals surface area contributed by atoms with Gasteiger partial charge >= 0.3 is 0 Å². The summed E-state index contributed by atoms with van der Waals surface area (Å²) in [6.07, 6.45) is 14.1. The number of hydrogen-bond acceptors (Lipinski definition) is 3. The molecule has 5 nitrogen and oxygen atoms in total. The molecule has 3 heterocycles. The van der Waals surface area contributed by atoms with E-state index in [1.165, 1.54) is 75.5 Å². The van der Waals surface area contributed by atoms with Gasteiger partial charge in [-0.2, -0.15) is 0 Å². The summed E-state index contributed by atoms with van der Waals surface area (Å²) in [6, 6.07) is 23.9. The quantitative estimate of drug-likeness (QED) is 0.180. The highest BCUT2D eigenvalue weighted by atomic mass is 32.1. The van der Waals surface area contributed by atoms with Crippen LogP contribution in [0.25, 0.3) is 0 Å². The first-order valence-electron chi connectivity index (χ1n) is 18.4. The van der Waals surface area contributed by atoms with Gasteiger partial charge in [-0.15, -0.1) is 0 Å². The maximum atomic E-state index is 6.47. The van der Waals surface area contributed by atoms with Crippen molar-refractivity contribution in [2.24, 2.45) is 11.8 Å². The van der Waals surface area contributed by atoms with E-state index in [1.54, 1.807) is 0 Å². The van der Waals surface area contributed by atoms with Gasteiger partial charge in [-0.3, -0.25) is 4.90 Å². The first-order valence-corrected chi connectivity index (χ1v) is 19.2. The van der Waals surface area contributed by atoms with Crippen LogP contribution in [0, 0.1) is 11.8 Å². The lowest BCUT2D eigenvalue weighted by Gasteiger charge is -2.38. The molecular weight excluding hydrogens is 603 g/mol. The lowest BCUT2D eigenvalue weighted by atomic mass is 9.98. The zero-order valence-corrected chi connectivity index (χ0v) is 30.0. The van der Waals surface area contributed by atoms with Crippen LogP contribution in [0.15, 0.2) is 60.7 Å². The van der Waals surface area contributed by atoms with E-state index in [2.05, 4.69) is 99.4 Å². The second-order valence-electron chi connectivity index (χ2n) is 15.0. The number of nitrogens with one attached hydrogen (secondary N) is 1. The van der Waals surface area contributed by atoms with Crippen LogP contribution in [-0.4, -0.2) is 93.3 Å². The lowest BCUT2D eigenvalue weighted by molar-refractivity contribution is 0.149. The van der Waals surface area contributed by atoms with Gasteiger partial charge in [0.15, 0.2) is 10.2 Å². The fraction of sp³-hybridized carbons (Fsp3) is 0.641. The topological polar surface area (TPSA) is 25.0 Å². The third-order valence-electron chi connectivity index (χ3n) is 11.1. The Kier molecular flexibility index (Phi) is 11.9. The standard InChI is InChI=1S/C39H57N5S2/c1-30(2)22-36(27-41-21-13-20-34(41)28-42-35(25-40-38(42)45)23-31-14-9-5-10-15-31)44-29-37(24-32-16-11-6-12-17-32)43(39(44)46)26-33-18-7-3-4-8-19-33/h5-6,9-12,14-17,30,33-37H,3-4,7-8,13,18-29H2,1-2H3,(H,40,45)/t34?,35-,36-,37-/m0/s1. The van der Waals surface area contributed by atoms with Crippen LogP contribution in [0.1, 0.15) is 82.8 Å². The maximum absolute atomic E-state index is 6.47. The lowest BCUT2D eigenvalue weighted by Crippen LogP contribution is -2.51. The molecule has 6 rings (SSSR count). The molecule has 3 aliphatic heterocycles. The average Bonchev–Trinajstić information content (AvgIpc) is 3.64. The third kappa shape index (κ3) is 8.62. The maximum Gasteiger partial charge on any atom is 0.172 e. The Morgan fingerprint density at radius 2 is 1.39 bits per heavy atom. The predicted octanol–water partition coefficient (Wildman–Crippen LogP) is 7.15. The number of nitrogens with zero attached hydrogens (tertiary/aromatic N) is 4. The number of thiocarbonyl (C=S) groups is 2. The summed E-state index contributed by atoms with van der Waals surface area (Å²) in [5.41, 5.74) is 2.83. The Labute approximate surface area is 290 Å². The molecule has 1 N–H and O–H groups in total. The van der Waals surface area contributed by atoms with E-state index in [0.717, 1.165) is 61.7 Å². The molecule has 0 bridgehead atoms. The highest BCUT2D eigenvalue weighted by Crippen LogP contribution is 2.31. The van der Waals surface area contributed by atoms with Gasteiger partial charge in [-0.05, 0) is 98.9 Å². The molecule has 1 aliphatic carbocycles. The Bertz CT molecular complexity index is 1250. The number of rotatable bonds is 13. The van der Waals surface area contributed by atoms with Crippen molar-refractivity contribution in [2.45, 2.75) is 109 Å². The molecule has 250 valence electrons. The fourth-order valence-electron chi connectivity index (χ4n) is 8.71. The highest BCUT2D eigenvalue weighted by molar-refractivity contribution is 7.80. The van der Waals surface area contributed by atoms with E-state index in [0.29, 0.717) is 30.1 Å². The molecule has 46 heavy (non-hydrogen) atoms. The van der Waals surface area contributed by atoms with Crippen molar-refractivity contribution in [1.29, 1.82) is 0 Å². The van der Waals surface area contributed by atoms with E-state index < -0.39 is 0 Å². The van der Waals surface area contributed by atoms with Crippen LogP contribution >= 0.6 is 24.4 Å². The molecule has 0 spiro atoms. The monoisotopic (exact) mass is 659 g/mol. The van der Waals surface area contributed by atoms with Crippen molar-refractivity contribution in [1.82, 2.24) is 24.9 Å². The molecule has 1 saturated carbocycles. The van der Waals surface area contributed by atoms with Crippen molar-refractivity contribution in [3.05, 3.63) is 71.8 Å². The van der Waals surface area contributed by atoms with Gasteiger partial charge in [0.1, 0.15) is 0 Å². The molecule has 2 aromatic rings. The van der Waals surface area contributed by atoms with Crippen LogP contribution in [0.4, 0.5) is 0 Å². The first kappa shape index (κ1) is 33.7. The summed E-state index contributed by atoms with van der Waals surface area (Å²) < 4.78 is 0. The Hall–Kier alpha value is -2.22. The number of benzene rings is 2. The Morgan fingerprint density at radius 1 is 0.739 bits per heavy atom. The SMILES string of the molecule is CC(C)C[C@@H](CN1CCCC1CN1C(=S)NC[C@@H]1Cc1ccccc1)N1C[C@H](Cc2ccccc2)N(CC2CCCCCC2)C1=S. The summed E-state index contributed by atoms with van der Waals surface area (Å²) >= 11 is 12.3. The smallest absolute Gasteiger partial charge is 0.172 e. The van der Waals surface area contributed by atoms with Crippen molar-refractivity contribution < 1.29 is 0 Å². The van der Waals surface area contributed by atoms with Gasteiger partial charge in [-0.25, -0.2) is 0 Å². The number of likely N-dealkylation sites (tertiary alicyclic amines) is 1. The molecule has 4 aliphatic rings. The van der Waals surface area contributed by atoms with Gasteiger partial charge in [0, 0.05) is 44.8 Å². The summed E-state index contributed by atoms with van der Waals surface area (Å²) in [6.45, 7) is 11.2. The minimum atomic E-state index is 0.422. The molecule has 0 amide bonds. The Morgan fingerprint density at radius 3 is 2.04 bits per heavy atom. The minimum absolute atomic E-state index is 0.422. The van der Waals surface area contributed by atoms with Gasteiger partial charge < -0.3 is 20.0 Å². The van der Waals surface area contributed by atoms with Crippen LogP contribution in [0.3, 0.4) is 0 Å². The van der Waals surface area contributed by atoms with E-state index >= 15 is 0 Å². The van der Waals surface area contributed by atoms with E-state index in [-0.39, 0.29) is 0 Å². The molecule has 0 radical (unpaired) electrons. The van der Waals surface area contributed by atoms with E-state index in [9.17, 15) is 0 Å². The van der Waals surface area contributed by atoms with Crippen molar-refractivity contribution in [3.63, 3.8) is 0 Å². The Balaban J connectivity index is 1.16. The molecule has 0 aromatic heterocycles. The first-order chi connectivity index (χ1) is 22.4. The largest absolute Gasteiger partial charge is 0.360 e. The van der Waals surface area contributed by atoms with E-state index in [4.69, 9.17) is 24.4 Å². The van der Waals surface area contributed by atoms with Crippen molar-refractivity contribution in [3.8, 4) is 0 Å². The zero-order valence-electron chi connectivity index (χ0n) is 28.4. The van der Waals surface area contributed by atoms with Crippen LogP contribution in [-0.2, 0) is 12.8 Å². The molecular formula is C39H57N5S2. The highest BCUT2D eigenvalue weighted by Gasteiger charge is 2.41. The molecule has 1 unspecified atom stereocenters. The van der Waals surface area contributed by atoms with E-state index in [1.807, 2.05) is 0 Å². The third-order valence-corrected chi connectivity index (χ3v) is 12.0. The molecule has 4 atom stereocenters. The summed E-state index contributed by atoms with van der Waals surface area (Å²) in [7, 11) is 0. The normalized spacial score (nSPS) is 25.5. The van der Waals surface area contributed by atoms with Crippen LogP contribution in [0.5, 0.6) is 0 Å². The van der Waals surface area contributed by atoms with Gasteiger partial charge in [0.2, 0.25) is 0 Å². The van der Waals surface area contributed by atoms with Gasteiger partial charge in [0.05, 0.1) is 12.1 Å². The van der Waals surface area contributed by atoms with Crippen LogP contribution in [0.2, 0.25) is 0 Å². The van der Waals surface area contributed by atoms with Gasteiger partial charge in [0.25, 0.3) is 0 Å². The zero-order chi connectivity index (χ0) is 31.9. The second kappa shape index (κ2) is 16.3. The summed E-state index contributed by atoms with van der Waals surface area (Å²) in [5.74, 6) is 1.40.